The lowest BCUT2D eigenvalue weighted by molar-refractivity contribution is -0.119. The standard InChI is InChI=1S/C30H34N4O2/c1-4-29(35)34(25-12-6-5-7-13-25)26-14-16-31(17-15-26)18-19-32-27-20-23-10-8-9-11-24(23)21-28(27)33(22(2)3)30(32)36/h5-13,20-21,26H,2,4,14-19H2,1,3H3. The van der Waals surface area contributed by atoms with Crippen LogP contribution in [0, 0.1) is 0 Å². The van der Waals surface area contributed by atoms with E-state index in [1.807, 2.05) is 65.8 Å². The zero-order valence-corrected chi connectivity index (χ0v) is 21.2. The van der Waals surface area contributed by atoms with Gasteiger partial charge in [-0.15, -0.1) is 0 Å². The van der Waals surface area contributed by atoms with Gasteiger partial charge in [0.05, 0.1) is 11.0 Å². The number of imidazole rings is 1. The molecule has 0 aliphatic carbocycles. The van der Waals surface area contributed by atoms with Crippen molar-refractivity contribution in [2.24, 2.45) is 0 Å². The van der Waals surface area contributed by atoms with E-state index >= 15 is 0 Å². The van der Waals surface area contributed by atoms with E-state index in [-0.39, 0.29) is 17.6 Å². The number of rotatable bonds is 7. The van der Waals surface area contributed by atoms with Gasteiger partial charge < -0.3 is 9.80 Å². The third kappa shape index (κ3) is 4.49. The van der Waals surface area contributed by atoms with E-state index in [2.05, 4.69) is 35.7 Å². The molecule has 1 aliphatic heterocycles. The highest BCUT2D eigenvalue weighted by Gasteiger charge is 2.28. The lowest BCUT2D eigenvalue weighted by Crippen LogP contribution is -2.48. The van der Waals surface area contributed by atoms with E-state index in [9.17, 15) is 9.59 Å². The molecule has 3 aromatic carbocycles. The summed E-state index contributed by atoms with van der Waals surface area (Å²) in [6.07, 6.45) is 2.35. The molecular weight excluding hydrogens is 448 g/mol. The summed E-state index contributed by atoms with van der Waals surface area (Å²) in [5, 5.41) is 2.24. The molecule has 1 aliphatic rings. The van der Waals surface area contributed by atoms with Crippen LogP contribution in [0.4, 0.5) is 5.69 Å². The number of amides is 1. The summed E-state index contributed by atoms with van der Waals surface area (Å²) in [5.74, 6) is 0.172. The fraction of sp³-hybridized carbons (Fsp3) is 0.333. The van der Waals surface area contributed by atoms with Crippen molar-refractivity contribution >= 4 is 39.1 Å². The molecule has 1 saturated heterocycles. The van der Waals surface area contributed by atoms with Crippen LogP contribution in [0.25, 0.3) is 27.5 Å². The summed E-state index contributed by atoms with van der Waals surface area (Å²) in [5.41, 5.74) is 3.52. The number of carbonyl (C=O) groups is 1. The summed E-state index contributed by atoms with van der Waals surface area (Å²) >= 11 is 0. The van der Waals surface area contributed by atoms with Gasteiger partial charge in [0.2, 0.25) is 5.91 Å². The topological polar surface area (TPSA) is 50.5 Å². The molecule has 36 heavy (non-hydrogen) atoms. The van der Waals surface area contributed by atoms with Crippen molar-refractivity contribution in [2.75, 3.05) is 24.5 Å². The van der Waals surface area contributed by atoms with Crippen LogP contribution in [0.5, 0.6) is 0 Å². The highest BCUT2D eigenvalue weighted by atomic mass is 16.2. The number of carbonyl (C=O) groups excluding carboxylic acids is 1. The first kappa shape index (κ1) is 24.1. The third-order valence-electron chi connectivity index (χ3n) is 7.35. The Balaban J connectivity index is 1.33. The number of allylic oxidation sites excluding steroid dienone is 1. The van der Waals surface area contributed by atoms with E-state index < -0.39 is 0 Å². The van der Waals surface area contributed by atoms with Gasteiger partial charge in [-0.3, -0.25) is 13.9 Å². The van der Waals surface area contributed by atoms with E-state index in [1.54, 1.807) is 4.57 Å². The molecular formula is C30H34N4O2. The van der Waals surface area contributed by atoms with Crippen LogP contribution in [0.1, 0.15) is 33.1 Å². The van der Waals surface area contributed by atoms with Crippen molar-refractivity contribution in [3.8, 4) is 0 Å². The minimum Gasteiger partial charge on any atom is -0.309 e. The lowest BCUT2D eigenvalue weighted by atomic mass is 10.0. The highest BCUT2D eigenvalue weighted by molar-refractivity contribution is 5.96. The van der Waals surface area contributed by atoms with E-state index in [1.165, 1.54) is 0 Å². The Kier molecular flexibility index (Phi) is 6.79. The predicted octanol–water partition coefficient (Wildman–Crippen LogP) is 5.35. The number of hydrogen-bond acceptors (Lipinski definition) is 3. The molecule has 1 fully saturated rings. The Labute approximate surface area is 212 Å². The number of hydrogen-bond donors (Lipinski definition) is 0. The molecule has 1 aromatic heterocycles. The first-order chi connectivity index (χ1) is 17.5. The van der Waals surface area contributed by atoms with Gasteiger partial charge in [0.15, 0.2) is 0 Å². The number of likely N-dealkylation sites (tertiary alicyclic amines) is 1. The molecule has 0 bridgehead atoms. The quantitative estimate of drug-likeness (QED) is 0.357. The zero-order valence-electron chi connectivity index (χ0n) is 21.2. The van der Waals surface area contributed by atoms with Gasteiger partial charge >= 0.3 is 5.69 Å². The summed E-state index contributed by atoms with van der Waals surface area (Å²) in [7, 11) is 0. The number of piperidine rings is 1. The van der Waals surface area contributed by atoms with E-state index in [0.717, 1.165) is 65.7 Å². The summed E-state index contributed by atoms with van der Waals surface area (Å²) < 4.78 is 3.61. The normalized spacial score (nSPS) is 14.9. The van der Waals surface area contributed by atoms with Gasteiger partial charge in [-0.1, -0.05) is 56.0 Å². The number of anilines is 1. The minimum absolute atomic E-state index is 0.0357. The maximum atomic E-state index is 13.4. The molecule has 0 radical (unpaired) electrons. The van der Waals surface area contributed by atoms with Crippen molar-refractivity contribution in [2.45, 2.75) is 45.7 Å². The number of benzene rings is 3. The molecule has 2 heterocycles. The van der Waals surface area contributed by atoms with Gasteiger partial charge in [0.25, 0.3) is 0 Å². The Morgan fingerprint density at radius 2 is 1.56 bits per heavy atom. The van der Waals surface area contributed by atoms with Crippen LogP contribution < -0.4 is 10.6 Å². The molecule has 5 rings (SSSR count). The van der Waals surface area contributed by atoms with Crippen LogP contribution in [0.3, 0.4) is 0 Å². The van der Waals surface area contributed by atoms with Gasteiger partial charge in [0, 0.05) is 50.0 Å². The molecule has 1 amide bonds. The van der Waals surface area contributed by atoms with Crippen molar-refractivity contribution in [1.82, 2.24) is 14.0 Å². The number of para-hydroxylation sites is 1. The molecule has 6 heteroatoms. The smallest absolute Gasteiger partial charge is 0.309 e. The SMILES string of the molecule is C=C(C)n1c(=O)n(CCN2CCC(N(C(=O)CC)c3ccccc3)CC2)c2cc3ccccc3cc21. The van der Waals surface area contributed by atoms with Crippen LogP contribution in [-0.4, -0.2) is 45.6 Å². The monoisotopic (exact) mass is 482 g/mol. The average molecular weight is 483 g/mol. The van der Waals surface area contributed by atoms with Crippen LogP contribution >= 0.6 is 0 Å². The Morgan fingerprint density at radius 1 is 0.944 bits per heavy atom. The summed E-state index contributed by atoms with van der Waals surface area (Å²) in [6.45, 7) is 11.1. The number of fused-ring (bicyclic) bond motifs is 2. The fourth-order valence-electron chi connectivity index (χ4n) is 5.48. The first-order valence-corrected chi connectivity index (χ1v) is 12.9. The second-order valence-electron chi connectivity index (χ2n) is 9.72. The molecule has 0 saturated carbocycles. The van der Waals surface area contributed by atoms with Gasteiger partial charge in [-0.2, -0.15) is 0 Å². The van der Waals surface area contributed by atoms with Gasteiger partial charge in [-0.25, -0.2) is 4.79 Å². The van der Waals surface area contributed by atoms with E-state index in [4.69, 9.17) is 0 Å². The Bertz CT molecular complexity index is 1460. The van der Waals surface area contributed by atoms with Gasteiger partial charge in [0.1, 0.15) is 0 Å². The van der Waals surface area contributed by atoms with Crippen molar-refractivity contribution in [1.29, 1.82) is 0 Å². The molecule has 0 N–H and O–H groups in total. The molecule has 6 nitrogen and oxygen atoms in total. The average Bonchev–Trinajstić information content (AvgIpc) is 3.17. The zero-order chi connectivity index (χ0) is 25.2. The minimum atomic E-state index is -0.0357. The fourth-order valence-corrected chi connectivity index (χ4v) is 5.48. The molecule has 0 unspecified atom stereocenters. The van der Waals surface area contributed by atoms with Crippen molar-refractivity contribution in [3.63, 3.8) is 0 Å². The van der Waals surface area contributed by atoms with Crippen LogP contribution in [0.15, 0.2) is 78.1 Å². The molecule has 4 aromatic rings. The largest absolute Gasteiger partial charge is 0.333 e. The second-order valence-corrected chi connectivity index (χ2v) is 9.72. The van der Waals surface area contributed by atoms with Crippen LogP contribution in [0.2, 0.25) is 0 Å². The highest BCUT2D eigenvalue weighted by Crippen LogP contribution is 2.26. The number of aromatic nitrogens is 2. The maximum absolute atomic E-state index is 13.4. The first-order valence-electron chi connectivity index (χ1n) is 12.9. The molecule has 0 spiro atoms. The van der Waals surface area contributed by atoms with Crippen LogP contribution in [-0.2, 0) is 11.3 Å². The molecule has 0 atom stereocenters. The Hall–Kier alpha value is -3.64. The van der Waals surface area contributed by atoms with Gasteiger partial charge in [-0.05, 0) is 54.8 Å². The Morgan fingerprint density at radius 3 is 2.17 bits per heavy atom. The number of nitrogens with zero attached hydrogens (tertiary/aromatic N) is 4. The maximum Gasteiger partial charge on any atom is 0.333 e. The lowest BCUT2D eigenvalue weighted by Gasteiger charge is -2.38. The summed E-state index contributed by atoms with van der Waals surface area (Å²) in [4.78, 5) is 30.6. The van der Waals surface area contributed by atoms with E-state index in [0.29, 0.717) is 13.0 Å². The van der Waals surface area contributed by atoms with Crippen molar-refractivity contribution < 1.29 is 4.79 Å². The second kappa shape index (κ2) is 10.2. The molecule has 186 valence electrons. The predicted molar refractivity (Wildman–Crippen MR) is 148 cm³/mol. The van der Waals surface area contributed by atoms with Crippen molar-refractivity contribution in [3.05, 3.63) is 83.8 Å². The third-order valence-corrected chi connectivity index (χ3v) is 7.35. The summed E-state index contributed by atoms with van der Waals surface area (Å²) in [6, 6.07) is 22.6.